The lowest BCUT2D eigenvalue weighted by atomic mass is 10.1. The van der Waals surface area contributed by atoms with E-state index in [0.717, 1.165) is 22.0 Å². The van der Waals surface area contributed by atoms with Gasteiger partial charge < -0.3 is 4.52 Å². The summed E-state index contributed by atoms with van der Waals surface area (Å²) >= 11 is 1.67. The van der Waals surface area contributed by atoms with Crippen molar-refractivity contribution < 1.29 is 4.52 Å². The summed E-state index contributed by atoms with van der Waals surface area (Å²) in [5, 5.41) is 6.13. The summed E-state index contributed by atoms with van der Waals surface area (Å²) in [6, 6.07) is 12.2. The Hall–Kier alpha value is -1.81. The first kappa shape index (κ1) is 11.3. The number of pyridine rings is 1. The van der Waals surface area contributed by atoms with Crippen molar-refractivity contribution in [3.05, 3.63) is 53.9 Å². The van der Waals surface area contributed by atoms with E-state index in [2.05, 4.69) is 29.2 Å². The van der Waals surface area contributed by atoms with Gasteiger partial charge in [0.15, 0.2) is 0 Å². The minimum atomic E-state index is 0.779. The van der Waals surface area contributed by atoms with Gasteiger partial charge in [0, 0.05) is 17.2 Å². The zero-order valence-corrected chi connectivity index (χ0v) is 10.8. The van der Waals surface area contributed by atoms with Crippen LogP contribution in [0.15, 0.2) is 52.2 Å². The van der Waals surface area contributed by atoms with Crippen LogP contribution in [0.2, 0.25) is 0 Å². The lowest BCUT2D eigenvalue weighted by Gasteiger charge is -2.05. The topological polar surface area (TPSA) is 38.9 Å². The Kier molecular flexibility index (Phi) is 3.02. The predicted octanol–water partition coefficient (Wildman–Crippen LogP) is 3.82. The number of aromatic nitrogens is 2. The van der Waals surface area contributed by atoms with E-state index >= 15 is 0 Å². The molecule has 3 aromatic rings. The highest BCUT2D eigenvalue weighted by molar-refractivity contribution is 7.98. The number of benzene rings is 1. The molecule has 18 heavy (non-hydrogen) atoms. The summed E-state index contributed by atoms with van der Waals surface area (Å²) in [4.78, 5) is 4.64. The summed E-state index contributed by atoms with van der Waals surface area (Å²) < 4.78 is 4.81. The molecule has 0 spiro atoms. The van der Waals surface area contributed by atoms with Gasteiger partial charge in [-0.1, -0.05) is 35.1 Å². The Morgan fingerprint density at radius 2 is 2.11 bits per heavy atom. The first-order valence-corrected chi connectivity index (χ1v) is 6.70. The highest BCUT2D eigenvalue weighted by Gasteiger charge is 2.04. The van der Waals surface area contributed by atoms with Crippen molar-refractivity contribution in [3.8, 4) is 0 Å². The summed E-state index contributed by atoms with van der Waals surface area (Å²) in [6.07, 6.45) is 1.59. The number of nitrogens with zero attached hydrogens (tertiary/aromatic N) is 2. The Labute approximate surface area is 109 Å². The van der Waals surface area contributed by atoms with Gasteiger partial charge in [0.2, 0.25) is 0 Å². The number of para-hydroxylation sites is 1. The van der Waals surface area contributed by atoms with Gasteiger partial charge in [0.05, 0.1) is 16.2 Å². The highest BCUT2D eigenvalue weighted by atomic mass is 32.2. The Bertz CT molecular complexity index is 665. The summed E-state index contributed by atoms with van der Waals surface area (Å²) in [6.45, 7) is 2.12. The maximum atomic E-state index is 4.81. The fraction of sp³-hybridized carbons (Fsp3) is 0.143. The van der Waals surface area contributed by atoms with Crippen LogP contribution in [0.5, 0.6) is 0 Å². The number of thioether (sulfide) groups is 1. The van der Waals surface area contributed by atoms with E-state index in [9.17, 15) is 0 Å². The normalized spacial score (nSPS) is 10.9. The van der Waals surface area contributed by atoms with Crippen molar-refractivity contribution in [2.45, 2.75) is 17.7 Å². The number of aryl methyl sites for hydroxylation is 1. The third-order valence-corrected chi connectivity index (χ3v) is 3.70. The third-order valence-electron chi connectivity index (χ3n) is 2.76. The van der Waals surface area contributed by atoms with Crippen LogP contribution >= 0.6 is 11.8 Å². The van der Waals surface area contributed by atoms with E-state index < -0.39 is 0 Å². The Morgan fingerprint density at radius 3 is 2.94 bits per heavy atom. The fourth-order valence-corrected chi connectivity index (χ4v) is 2.72. The molecule has 4 heteroatoms. The van der Waals surface area contributed by atoms with Crippen LogP contribution < -0.4 is 0 Å². The monoisotopic (exact) mass is 256 g/mol. The molecule has 0 aliphatic carbocycles. The van der Waals surface area contributed by atoms with E-state index in [4.69, 9.17) is 4.52 Å². The van der Waals surface area contributed by atoms with E-state index in [1.165, 1.54) is 10.9 Å². The quantitative estimate of drug-likeness (QED) is 0.668. The Morgan fingerprint density at radius 1 is 1.22 bits per heavy atom. The summed E-state index contributed by atoms with van der Waals surface area (Å²) in [5.41, 5.74) is 3.23. The van der Waals surface area contributed by atoms with Crippen molar-refractivity contribution in [1.29, 1.82) is 0 Å². The zero-order chi connectivity index (χ0) is 12.4. The molecule has 3 nitrogen and oxygen atoms in total. The van der Waals surface area contributed by atoms with Gasteiger partial charge in [-0.2, -0.15) is 0 Å². The van der Waals surface area contributed by atoms with Crippen molar-refractivity contribution in [1.82, 2.24) is 10.1 Å². The fourth-order valence-electron chi connectivity index (χ4n) is 1.85. The molecule has 0 saturated heterocycles. The SMILES string of the molecule is Cc1cc(SCc2ccon2)nc2ccccc12. The van der Waals surface area contributed by atoms with Crippen molar-refractivity contribution in [2.75, 3.05) is 0 Å². The van der Waals surface area contributed by atoms with Crippen molar-refractivity contribution in [2.24, 2.45) is 0 Å². The average Bonchev–Trinajstić information content (AvgIpc) is 2.90. The van der Waals surface area contributed by atoms with E-state index in [1.807, 2.05) is 24.3 Å². The number of rotatable bonds is 3. The lowest BCUT2D eigenvalue weighted by molar-refractivity contribution is 0.414. The molecule has 0 fully saturated rings. The summed E-state index contributed by atoms with van der Waals surface area (Å²) in [7, 11) is 0. The molecule has 2 aromatic heterocycles. The first-order valence-electron chi connectivity index (χ1n) is 5.71. The van der Waals surface area contributed by atoms with Crippen LogP contribution in [0.3, 0.4) is 0 Å². The van der Waals surface area contributed by atoms with E-state index in [1.54, 1.807) is 18.0 Å². The third kappa shape index (κ3) is 2.24. The molecule has 1 aromatic carbocycles. The molecule has 2 heterocycles. The number of fused-ring (bicyclic) bond motifs is 1. The largest absolute Gasteiger partial charge is 0.364 e. The van der Waals surface area contributed by atoms with Crippen molar-refractivity contribution >= 4 is 22.7 Å². The molecule has 0 amide bonds. The van der Waals surface area contributed by atoms with Gasteiger partial charge in [-0.05, 0) is 24.6 Å². The maximum Gasteiger partial charge on any atom is 0.124 e. The average molecular weight is 256 g/mol. The second-order valence-corrected chi connectivity index (χ2v) is 5.07. The molecule has 0 radical (unpaired) electrons. The van der Waals surface area contributed by atoms with Gasteiger partial charge >= 0.3 is 0 Å². The van der Waals surface area contributed by atoms with Gasteiger partial charge in [0.25, 0.3) is 0 Å². The van der Waals surface area contributed by atoms with Crippen LogP contribution in [-0.2, 0) is 5.75 Å². The molecule has 0 aliphatic heterocycles. The molecular weight excluding hydrogens is 244 g/mol. The minimum Gasteiger partial charge on any atom is -0.364 e. The minimum absolute atomic E-state index is 0.779. The van der Waals surface area contributed by atoms with Gasteiger partial charge in [-0.25, -0.2) is 4.98 Å². The van der Waals surface area contributed by atoms with Gasteiger partial charge in [-0.15, -0.1) is 0 Å². The van der Waals surface area contributed by atoms with E-state index in [0.29, 0.717) is 0 Å². The smallest absolute Gasteiger partial charge is 0.124 e. The molecule has 0 aliphatic rings. The van der Waals surface area contributed by atoms with E-state index in [-0.39, 0.29) is 0 Å². The number of hydrogen-bond acceptors (Lipinski definition) is 4. The predicted molar refractivity (Wildman–Crippen MR) is 72.5 cm³/mol. The van der Waals surface area contributed by atoms with Gasteiger partial charge in [-0.3, -0.25) is 0 Å². The van der Waals surface area contributed by atoms with Crippen molar-refractivity contribution in [3.63, 3.8) is 0 Å². The van der Waals surface area contributed by atoms with Crippen LogP contribution in [0.25, 0.3) is 10.9 Å². The standard InChI is InChI=1S/C14H12N2OS/c1-10-8-14(18-9-11-6-7-17-16-11)15-13-5-3-2-4-12(10)13/h2-8H,9H2,1H3. The molecule has 0 bridgehead atoms. The molecule has 3 rings (SSSR count). The first-order chi connectivity index (χ1) is 8.83. The molecule has 0 atom stereocenters. The van der Waals surface area contributed by atoms with Crippen LogP contribution in [0.4, 0.5) is 0 Å². The molecule has 0 saturated carbocycles. The van der Waals surface area contributed by atoms with Crippen LogP contribution in [-0.4, -0.2) is 10.1 Å². The second-order valence-electron chi connectivity index (χ2n) is 4.07. The second kappa shape index (κ2) is 4.82. The number of hydrogen-bond donors (Lipinski definition) is 0. The van der Waals surface area contributed by atoms with Gasteiger partial charge in [0.1, 0.15) is 6.26 Å². The molecule has 90 valence electrons. The van der Waals surface area contributed by atoms with Crippen LogP contribution in [0.1, 0.15) is 11.3 Å². The molecule has 0 N–H and O–H groups in total. The van der Waals surface area contributed by atoms with Crippen LogP contribution in [0, 0.1) is 6.92 Å². The highest BCUT2D eigenvalue weighted by Crippen LogP contribution is 2.25. The summed E-state index contributed by atoms with van der Waals surface area (Å²) in [5.74, 6) is 0.779. The molecular formula is C14H12N2OS. The Balaban J connectivity index is 1.88. The lowest BCUT2D eigenvalue weighted by Crippen LogP contribution is -1.87. The maximum absolute atomic E-state index is 4.81. The molecule has 0 unspecified atom stereocenters. The zero-order valence-electron chi connectivity index (χ0n) is 9.96.